The lowest BCUT2D eigenvalue weighted by molar-refractivity contribution is 0.309. The largest absolute Gasteiger partial charge is 0.253 e. The first-order valence-electron chi connectivity index (χ1n) is 7.52. The van der Waals surface area contributed by atoms with Gasteiger partial charge >= 0.3 is 0 Å². The molecule has 4 rings (SSSR count). The molecule has 3 nitrogen and oxygen atoms in total. The number of rotatable bonds is 2. The molecule has 1 saturated carbocycles. The van der Waals surface area contributed by atoms with Crippen LogP contribution in [0.2, 0.25) is 0 Å². The van der Waals surface area contributed by atoms with Gasteiger partial charge in [0.25, 0.3) is 0 Å². The Morgan fingerprint density at radius 2 is 1.76 bits per heavy atom. The Balaban J connectivity index is 1.67. The number of aromatic nitrogens is 1. The van der Waals surface area contributed by atoms with Crippen molar-refractivity contribution >= 4 is 11.8 Å². The number of nitrogens with zero attached hydrogens (tertiary/aromatic N) is 3. The van der Waals surface area contributed by atoms with E-state index in [0.29, 0.717) is 0 Å². The molecule has 0 amide bonds. The second-order valence-electron chi connectivity index (χ2n) is 5.69. The summed E-state index contributed by atoms with van der Waals surface area (Å²) in [5.41, 5.74) is -0.144. The van der Waals surface area contributed by atoms with Crippen molar-refractivity contribution in [1.82, 2.24) is 4.98 Å². The zero-order valence-corrected chi connectivity index (χ0v) is 12.6. The zero-order chi connectivity index (χ0) is 14.1. The first-order valence-corrected chi connectivity index (χ1v) is 8.33. The highest BCUT2D eigenvalue weighted by Gasteiger charge is 2.32. The third-order valence-corrected chi connectivity index (χ3v) is 5.06. The Bertz CT molecular complexity index is 764. The molecule has 1 aromatic carbocycles. The van der Waals surface area contributed by atoms with Gasteiger partial charge in [-0.2, -0.15) is 0 Å². The molecule has 2 aliphatic rings. The van der Waals surface area contributed by atoms with E-state index in [1.807, 2.05) is 24.4 Å². The topological polar surface area (TPSA) is 37.6 Å². The smallest absolute Gasteiger partial charge is 0.151 e. The summed E-state index contributed by atoms with van der Waals surface area (Å²) in [5, 5.41) is 3.12. The lowest BCUT2D eigenvalue weighted by Crippen LogP contribution is -2.25. The molecule has 0 atom stereocenters. The lowest BCUT2D eigenvalue weighted by atomic mass is 9.90. The van der Waals surface area contributed by atoms with E-state index in [9.17, 15) is 0 Å². The van der Waals surface area contributed by atoms with Crippen LogP contribution in [0.4, 0.5) is 0 Å². The molecular formula is C17H17N3S. The quantitative estimate of drug-likeness (QED) is 0.853. The summed E-state index contributed by atoms with van der Waals surface area (Å²) in [7, 11) is 0. The average Bonchev–Trinajstić information content (AvgIpc) is 2.85. The number of hydrogen-bond acceptors (Lipinski definition) is 4. The number of fused-ring (bicyclic) bond motifs is 1. The summed E-state index contributed by atoms with van der Waals surface area (Å²) < 4.78 is 0. The van der Waals surface area contributed by atoms with Crippen LogP contribution in [0.5, 0.6) is 0 Å². The predicted molar refractivity (Wildman–Crippen MR) is 82.9 cm³/mol. The minimum absolute atomic E-state index is 0.144. The predicted octanol–water partition coefficient (Wildman–Crippen LogP) is 3.15. The molecule has 0 saturated heterocycles. The summed E-state index contributed by atoms with van der Waals surface area (Å²) >= 11 is 1.68. The Morgan fingerprint density at radius 3 is 2.57 bits per heavy atom. The van der Waals surface area contributed by atoms with Crippen LogP contribution in [0, 0.1) is 0 Å². The van der Waals surface area contributed by atoms with Crippen LogP contribution in [0.25, 0.3) is 0 Å². The maximum atomic E-state index is 4.94. The first-order chi connectivity index (χ1) is 10.3. The minimum Gasteiger partial charge on any atom is -0.253 e. The van der Waals surface area contributed by atoms with Crippen LogP contribution < -0.4 is 10.7 Å². The van der Waals surface area contributed by atoms with Crippen LogP contribution in [0.3, 0.4) is 0 Å². The number of hydrogen-bond donors (Lipinski definition) is 0. The molecule has 0 bridgehead atoms. The summed E-state index contributed by atoms with van der Waals surface area (Å²) in [4.78, 5) is 15.4. The maximum absolute atomic E-state index is 4.94. The second kappa shape index (κ2) is 5.26. The molecule has 106 valence electrons. The van der Waals surface area contributed by atoms with Gasteiger partial charge in [-0.05, 0) is 56.0 Å². The molecule has 0 N–H and O–H groups in total. The van der Waals surface area contributed by atoms with Crippen LogP contribution in [0.1, 0.15) is 32.1 Å². The van der Waals surface area contributed by atoms with Crippen molar-refractivity contribution in [2.45, 2.75) is 47.7 Å². The second-order valence-corrected chi connectivity index (χ2v) is 6.78. The van der Waals surface area contributed by atoms with Gasteiger partial charge in [-0.3, -0.25) is 9.98 Å². The summed E-state index contributed by atoms with van der Waals surface area (Å²) in [6, 6.07) is 12.4. The Hall–Kier alpha value is -1.68. The molecule has 21 heavy (non-hydrogen) atoms. The third-order valence-electron chi connectivity index (χ3n) is 4.12. The van der Waals surface area contributed by atoms with Gasteiger partial charge in [0.15, 0.2) is 5.66 Å². The molecule has 1 aliphatic carbocycles. The highest BCUT2D eigenvalue weighted by molar-refractivity contribution is 7.99. The Morgan fingerprint density at radius 1 is 0.905 bits per heavy atom. The fraction of sp³-hybridized carbons (Fsp3) is 0.353. The Kier molecular flexibility index (Phi) is 3.26. The molecular weight excluding hydrogens is 278 g/mol. The van der Waals surface area contributed by atoms with E-state index in [2.05, 4.69) is 23.2 Å². The van der Waals surface area contributed by atoms with Crippen LogP contribution in [-0.2, 0) is 0 Å². The highest BCUT2D eigenvalue weighted by Crippen LogP contribution is 2.33. The van der Waals surface area contributed by atoms with Gasteiger partial charge in [0.1, 0.15) is 5.03 Å². The third kappa shape index (κ3) is 2.60. The molecule has 1 spiro atoms. The molecule has 2 aromatic rings. The van der Waals surface area contributed by atoms with E-state index < -0.39 is 0 Å². The summed E-state index contributed by atoms with van der Waals surface area (Å²) in [5.74, 6) is 0. The molecule has 1 fully saturated rings. The monoisotopic (exact) mass is 295 g/mol. The van der Waals surface area contributed by atoms with Crippen molar-refractivity contribution in [3.8, 4) is 0 Å². The van der Waals surface area contributed by atoms with Crippen LogP contribution >= 0.6 is 11.8 Å². The SMILES string of the molecule is c1ccc(Sc2ccc3c(c2)=NC2(CCCCC2)N=3)nc1. The molecule has 0 unspecified atom stereocenters. The molecule has 0 radical (unpaired) electrons. The maximum Gasteiger partial charge on any atom is 0.151 e. The van der Waals surface area contributed by atoms with Gasteiger partial charge in [-0.15, -0.1) is 0 Å². The van der Waals surface area contributed by atoms with Gasteiger partial charge < -0.3 is 0 Å². The number of benzene rings is 1. The fourth-order valence-electron chi connectivity index (χ4n) is 3.09. The normalized spacial score (nSPS) is 18.9. The van der Waals surface area contributed by atoms with Crippen molar-refractivity contribution < 1.29 is 0 Å². The van der Waals surface area contributed by atoms with Gasteiger partial charge in [0, 0.05) is 11.1 Å². The van der Waals surface area contributed by atoms with E-state index in [-0.39, 0.29) is 5.66 Å². The molecule has 4 heteroatoms. The molecule has 1 aliphatic heterocycles. The van der Waals surface area contributed by atoms with Crippen molar-refractivity contribution in [1.29, 1.82) is 0 Å². The van der Waals surface area contributed by atoms with E-state index in [1.165, 1.54) is 24.2 Å². The number of pyridine rings is 1. The van der Waals surface area contributed by atoms with Gasteiger partial charge in [-0.1, -0.05) is 24.2 Å². The van der Waals surface area contributed by atoms with Gasteiger partial charge in [-0.25, -0.2) is 4.98 Å². The van der Waals surface area contributed by atoms with E-state index in [1.54, 1.807) is 11.8 Å². The van der Waals surface area contributed by atoms with Crippen molar-refractivity contribution in [3.05, 3.63) is 53.3 Å². The zero-order valence-electron chi connectivity index (χ0n) is 11.8. The summed E-state index contributed by atoms with van der Waals surface area (Å²) in [6.45, 7) is 0. The first kappa shape index (κ1) is 13.0. The van der Waals surface area contributed by atoms with Gasteiger partial charge in [0.2, 0.25) is 0 Å². The lowest BCUT2D eigenvalue weighted by Gasteiger charge is -2.27. The summed E-state index contributed by atoms with van der Waals surface area (Å²) in [6.07, 6.45) is 7.85. The highest BCUT2D eigenvalue weighted by atomic mass is 32.2. The minimum atomic E-state index is -0.144. The molecule has 2 heterocycles. The van der Waals surface area contributed by atoms with Gasteiger partial charge in [0.05, 0.1) is 10.7 Å². The van der Waals surface area contributed by atoms with Crippen molar-refractivity contribution in [2.75, 3.05) is 0 Å². The van der Waals surface area contributed by atoms with Crippen LogP contribution in [-0.4, -0.2) is 10.6 Å². The standard InChI is InChI=1S/C17H17N3S/c1-3-9-17(10-4-1)19-14-8-7-13(12-15(14)20-17)21-16-6-2-5-11-18-16/h2,5-8,11-12H,1,3-4,9-10H2. The van der Waals surface area contributed by atoms with Crippen molar-refractivity contribution in [2.24, 2.45) is 9.98 Å². The van der Waals surface area contributed by atoms with Crippen LogP contribution in [0.15, 0.2) is 62.5 Å². The fourth-order valence-corrected chi connectivity index (χ4v) is 3.90. The van der Waals surface area contributed by atoms with E-state index >= 15 is 0 Å². The molecule has 1 aromatic heterocycles. The Labute approximate surface area is 128 Å². The van der Waals surface area contributed by atoms with Crippen molar-refractivity contribution in [3.63, 3.8) is 0 Å². The van der Waals surface area contributed by atoms with E-state index in [4.69, 9.17) is 9.98 Å². The average molecular weight is 295 g/mol. The van der Waals surface area contributed by atoms with E-state index in [0.717, 1.165) is 28.6 Å².